The van der Waals surface area contributed by atoms with Gasteiger partial charge in [-0.05, 0) is 41.7 Å². The minimum Gasteiger partial charge on any atom is -0.437 e. The quantitative estimate of drug-likeness (QED) is 0.676. The van der Waals surface area contributed by atoms with Crippen LogP contribution in [-0.4, -0.2) is 4.98 Å². The van der Waals surface area contributed by atoms with Crippen molar-refractivity contribution < 1.29 is 4.74 Å². The molecule has 0 radical (unpaired) electrons. The summed E-state index contributed by atoms with van der Waals surface area (Å²) in [5.74, 6) is 2.02. The van der Waals surface area contributed by atoms with Crippen molar-refractivity contribution in [3.63, 3.8) is 0 Å². The third-order valence-electron chi connectivity index (χ3n) is 3.10. The molecule has 4 heteroatoms. The van der Waals surface area contributed by atoms with E-state index in [1.165, 1.54) is 5.56 Å². The van der Waals surface area contributed by atoms with Gasteiger partial charge in [0.1, 0.15) is 10.8 Å². The Labute approximate surface area is 129 Å². The van der Waals surface area contributed by atoms with E-state index in [1.807, 2.05) is 19.1 Å². The molecular formula is C16H17Cl2NO. The zero-order valence-corrected chi connectivity index (χ0v) is 13.3. The van der Waals surface area contributed by atoms with E-state index in [0.717, 1.165) is 16.9 Å². The van der Waals surface area contributed by atoms with Crippen molar-refractivity contribution in [2.75, 3.05) is 0 Å². The van der Waals surface area contributed by atoms with Gasteiger partial charge in [-0.25, -0.2) is 4.98 Å². The summed E-state index contributed by atoms with van der Waals surface area (Å²) in [5.41, 5.74) is 3.14. The number of aryl methyl sites for hydroxylation is 1. The van der Waals surface area contributed by atoms with Gasteiger partial charge < -0.3 is 4.74 Å². The lowest BCUT2D eigenvalue weighted by Gasteiger charge is -2.13. The van der Waals surface area contributed by atoms with Crippen molar-refractivity contribution in [3.8, 4) is 11.6 Å². The van der Waals surface area contributed by atoms with Crippen LogP contribution in [0, 0.1) is 6.92 Å². The van der Waals surface area contributed by atoms with E-state index < -0.39 is 0 Å². The fraction of sp³-hybridized carbons (Fsp3) is 0.312. The van der Waals surface area contributed by atoms with Gasteiger partial charge in [-0.15, -0.1) is 11.6 Å². The van der Waals surface area contributed by atoms with Gasteiger partial charge in [-0.3, -0.25) is 0 Å². The number of benzene rings is 1. The average molecular weight is 310 g/mol. The number of pyridine rings is 1. The molecule has 20 heavy (non-hydrogen) atoms. The smallest absolute Gasteiger partial charge is 0.238 e. The molecule has 0 aliphatic rings. The van der Waals surface area contributed by atoms with E-state index in [1.54, 1.807) is 12.3 Å². The highest BCUT2D eigenvalue weighted by Gasteiger charge is 2.10. The molecule has 0 saturated heterocycles. The maximum atomic E-state index is 6.17. The van der Waals surface area contributed by atoms with E-state index in [4.69, 9.17) is 27.9 Å². The number of rotatable bonds is 4. The Balaban J connectivity index is 2.32. The monoisotopic (exact) mass is 309 g/mol. The Kier molecular flexibility index (Phi) is 4.90. The molecule has 0 amide bonds. The van der Waals surface area contributed by atoms with Crippen LogP contribution in [0.1, 0.15) is 36.5 Å². The molecule has 0 aliphatic carbocycles. The van der Waals surface area contributed by atoms with Crippen LogP contribution in [0.5, 0.6) is 11.6 Å². The predicted octanol–water partition coefficient (Wildman–Crippen LogP) is 5.70. The zero-order valence-electron chi connectivity index (χ0n) is 11.8. The number of alkyl halides is 1. The van der Waals surface area contributed by atoms with Crippen molar-refractivity contribution in [3.05, 3.63) is 52.2 Å². The Morgan fingerprint density at radius 2 is 2.00 bits per heavy atom. The largest absolute Gasteiger partial charge is 0.437 e. The molecule has 1 aromatic carbocycles. The second kappa shape index (κ2) is 6.47. The predicted molar refractivity (Wildman–Crippen MR) is 84.1 cm³/mol. The van der Waals surface area contributed by atoms with Gasteiger partial charge in [-0.2, -0.15) is 0 Å². The topological polar surface area (TPSA) is 22.1 Å². The number of halogens is 2. The van der Waals surface area contributed by atoms with Crippen LogP contribution in [0.25, 0.3) is 0 Å². The fourth-order valence-electron chi connectivity index (χ4n) is 1.80. The molecule has 0 saturated carbocycles. The summed E-state index contributed by atoms with van der Waals surface area (Å²) in [6.07, 6.45) is 1.68. The number of nitrogens with zero attached hydrogens (tertiary/aromatic N) is 1. The minimum absolute atomic E-state index is 0.384. The van der Waals surface area contributed by atoms with Gasteiger partial charge in [0, 0.05) is 12.1 Å². The summed E-state index contributed by atoms with van der Waals surface area (Å²) >= 11 is 11.9. The van der Waals surface area contributed by atoms with Gasteiger partial charge in [0.05, 0.1) is 0 Å². The highest BCUT2D eigenvalue weighted by atomic mass is 35.5. The Morgan fingerprint density at radius 3 is 2.60 bits per heavy atom. The van der Waals surface area contributed by atoms with E-state index in [-0.39, 0.29) is 0 Å². The zero-order chi connectivity index (χ0) is 14.7. The molecule has 0 fully saturated rings. The highest BCUT2D eigenvalue weighted by molar-refractivity contribution is 6.32. The third kappa shape index (κ3) is 3.44. The van der Waals surface area contributed by atoms with E-state index in [2.05, 4.69) is 24.9 Å². The first-order valence-corrected chi connectivity index (χ1v) is 7.41. The van der Waals surface area contributed by atoms with Crippen LogP contribution in [0.15, 0.2) is 30.5 Å². The van der Waals surface area contributed by atoms with E-state index in [9.17, 15) is 0 Å². The van der Waals surface area contributed by atoms with E-state index >= 15 is 0 Å². The maximum Gasteiger partial charge on any atom is 0.238 e. The Bertz CT molecular complexity index is 611. The summed E-state index contributed by atoms with van der Waals surface area (Å²) in [5, 5.41) is 0.470. The molecule has 1 aromatic heterocycles. The summed E-state index contributed by atoms with van der Waals surface area (Å²) in [7, 11) is 0. The molecule has 0 unspecified atom stereocenters. The molecule has 0 bridgehead atoms. The first kappa shape index (κ1) is 15.1. The van der Waals surface area contributed by atoms with Gasteiger partial charge in [0.15, 0.2) is 0 Å². The van der Waals surface area contributed by atoms with Crippen LogP contribution < -0.4 is 4.74 Å². The number of hydrogen-bond donors (Lipinski definition) is 0. The molecule has 2 rings (SSSR count). The molecule has 0 N–H and O–H groups in total. The van der Waals surface area contributed by atoms with Crippen LogP contribution in [0.4, 0.5) is 0 Å². The summed E-state index contributed by atoms with van der Waals surface area (Å²) in [6, 6.07) is 7.97. The second-order valence-corrected chi connectivity index (χ2v) is 5.72. The molecule has 1 heterocycles. The van der Waals surface area contributed by atoms with Crippen LogP contribution >= 0.6 is 23.2 Å². The molecule has 0 atom stereocenters. The molecule has 2 aromatic rings. The number of hydrogen-bond acceptors (Lipinski definition) is 2. The first-order chi connectivity index (χ1) is 9.51. The minimum atomic E-state index is 0.384. The van der Waals surface area contributed by atoms with Crippen molar-refractivity contribution in [2.24, 2.45) is 0 Å². The molecule has 0 spiro atoms. The summed E-state index contributed by atoms with van der Waals surface area (Å²) in [6.45, 7) is 6.30. The van der Waals surface area contributed by atoms with Gasteiger partial charge in [-0.1, -0.05) is 37.6 Å². The van der Waals surface area contributed by atoms with Gasteiger partial charge >= 0.3 is 0 Å². The molecular weight excluding hydrogens is 293 g/mol. The number of ether oxygens (including phenoxy) is 1. The maximum absolute atomic E-state index is 6.17. The first-order valence-electron chi connectivity index (χ1n) is 6.50. The van der Waals surface area contributed by atoms with Crippen LogP contribution in [0.2, 0.25) is 5.02 Å². The SMILES string of the molecule is Cc1ccc(C(C)C)cc1Oc1ncc(CCl)cc1Cl. The lowest BCUT2D eigenvalue weighted by Crippen LogP contribution is -1.95. The lowest BCUT2D eigenvalue weighted by molar-refractivity contribution is 0.458. The molecule has 2 nitrogen and oxygen atoms in total. The number of aromatic nitrogens is 1. The average Bonchev–Trinajstić information content (AvgIpc) is 2.42. The van der Waals surface area contributed by atoms with Crippen molar-refractivity contribution in [1.29, 1.82) is 0 Å². The van der Waals surface area contributed by atoms with E-state index in [0.29, 0.717) is 22.7 Å². The van der Waals surface area contributed by atoms with Crippen LogP contribution in [-0.2, 0) is 5.88 Å². The Morgan fingerprint density at radius 1 is 1.25 bits per heavy atom. The summed E-state index contributed by atoms with van der Waals surface area (Å²) in [4.78, 5) is 4.22. The second-order valence-electron chi connectivity index (χ2n) is 5.05. The van der Waals surface area contributed by atoms with Gasteiger partial charge in [0.2, 0.25) is 5.88 Å². The third-order valence-corrected chi connectivity index (χ3v) is 3.68. The highest BCUT2D eigenvalue weighted by Crippen LogP contribution is 2.31. The van der Waals surface area contributed by atoms with Crippen molar-refractivity contribution in [1.82, 2.24) is 4.98 Å². The van der Waals surface area contributed by atoms with Gasteiger partial charge in [0.25, 0.3) is 0 Å². The summed E-state index contributed by atoms with van der Waals surface area (Å²) < 4.78 is 5.84. The molecule has 106 valence electrons. The fourth-order valence-corrected chi connectivity index (χ4v) is 2.18. The standard InChI is InChI=1S/C16H17Cl2NO/c1-10(2)13-5-4-11(3)15(7-13)20-16-14(18)6-12(8-17)9-19-16/h4-7,9-10H,8H2,1-3H3. The molecule has 0 aliphatic heterocycles. The lowest BCUT2D eigenvalue weighted by atomic mass is 10.0. The Hall–Kier alpha value is -1.25. The normalized spacial score (nSPS) is 10.9. The van der Waals surface area contributed by atoms with Crippen LogP contribution in [0.3, 0.4) is 0 Å². The van der Waals surface area contributed by atoms with Crippen molar-refractivity contribution >= 4 is 23.2 Å². The van der Waals surface area contributed by atoms with Crippen molar-refractivity contribution in [2.45, 2.75) is 32.6 Å².